The standard InChI is InChI=1S/C44H57NO12/c1-27(46)45-33-36-35(54-42(4,5)55-36)31(25-50-44(28-19-13-10-14-20-28,29-21-15-11-16-22-29)30-23-17-12-18-24-30)51-39(33)52-34(32-26-49-41(2,3)53-32)37-38(40(47-8)48-9)57-43(6,7)56-37/h10-24,31-40H,25-26H2,1-9H3,(H,45,46)/t31-,32-,33+,34-,35+,36-,37+,38-,39+/m1/s1. The predicted molar refractivity (Wildman–Crippen MR) is 207 cm³/mol. The monoisotopic (exact) mass is 791 g/mol. The van der Waals surface area contributed by atoms with Gasteiger partial charge in [-0.15, -0.1) is 0 Å². The summed E-state index contributed by atoms with van der Waals surface area (Å²) in [5.41, 5.74) is 1.75. The number of benzene rings is 3. The van der Waals surface area contributed by atoms with Crippen molar-refractivity contribution < 1.29 is 56.9 Å². The molecule has 0 saturated carbocycles. The highest BCUT2D eigenvalue weighted by Crippen LogP contribution is 2.45. The van der Waals surface area contributed by atoms with Crippen molar-refractivity contribution >= 4 is 5.91 Å². The zero-order valence-corrected chi connectivity index (χ0v) is 34.2. The van der Waals surface area contributed by atoms with E-state index in [0.717, 1.165) is 16.7 Å². The van der Waals surface area contributed by atoms with Gasteiger partial charge in [0.05, 0.1) is 13.2 Å². The van der Waals surface area contributed by atoms with Gasteiger partial charge in [-0.25, -0.2) is 0 Å². The molecule has 7 rings (SSSR count). The lowest BCUT2D eigenvalue weighted by molar-refractivity contribution is -0.296. The van der Waals surface area contributed by atoms with Gasteiger partial charge in [-0.2, -0.15) is 0 Å². The number of fused-ring (bicyclic) bond motifs is 1. The second-order valence-corrected chi connectivity index (χ2v) is 16.3. The summed E-state index contributed by atoms with van der Waals surface area (Å²) >= 11 is 0. The van der Waals surface area contributed by atoms with Crippen LogP contribution in [0.1, 0.15) is 65.2 Å². The minimum Gasteiger partial charge on any atom is -0.358 e. The first kappa shape index (κ1) is 41.8. The van der Waals surface area contributed by atoms with Gasteiger partial charge >= 0.3 is 0 Å². The van der Waals surface area contributed by atoms with Crippen molar-refractivity contribution in [2.45, 2.75) is 133 Å². The van der Waals surface area contributed by atoms with Crippen LogP contribution in [0.5, 0.6) is 0 Å². The zero-order chi connectivity index (χ0) is 40.6. The largest absolute Gasteiger partial charge is 0.358 e. The molecule has 9 atom stereocenters. The molecule has 0 bridgehead atoms. The highest BCUT2D eigenvalue weighted by atomic mass is 16.8. The number of carbonyl (C=O) groups excluding carboxylic acids is 1. The minimum absolute atomic E-state index is 0.0425. The summed E-state index contributed by atoms with van der Waals surface area (Å²) in [7, 11) is 3.07. The molecule has 4 aliphatic rings. The maximum atomic E-state index is 12.9. The summed E-state index contributed by atoms with van der Waals surface area (Å²) in [6.45, 7) is 12.7. The third-order valence-corrected chi connectivity index (χ3v) is 10.8. The zero-order valence-electron chi connectivity index (χ0n) is 34.2. The summed E-state index contributed by atoms with van der Waals surface area (Å²) < 4.78 is 71.4. The Morgan fingerprint density at radius 1 is 0.719 bits per heavy atom. The molecule has 0 radical (unpaired) electrons. The van der Waals surface area contributed by atoms with E-state index in [1.807, 2.05) is 96.1 Å². The van der Waals surface area contributed by atoms with Crippen LogP contribution in [0.2, 0.25) is 0 Å². The molecule has 4 aliphatic heterocycles. The van der Waals surface area contributed by atoms with E-state index < -0.39 is 84.3 Å². The van der Waals surface area contributed by atoms with Gasteiger partial charge in [-0.05, 0) is 58.2 Å². The molecule has 4 saturated heterocycles. The van der Waals surface area contributed by atoms with Gasteiger partial charge in [0.15, 0.2) is 29.9 Å². The molecule has 1 N–H and O–H groups in total. The van der Waals surface area contributed by atoms with Crippen molar-refractivity contribution in [1.82, 2.24) is 5.32 Å². The van der Waals surface area contributed by atoms with E-state index in [9.17, 15) is 4.79 Å². The first-order valence-electron chi connectivity index (χ1n) is 19.6. The van der Waals surface area contributed by atoms with Gasteiger partial charge in [0.25, 0.3) is 0 Å². The number of hydrogen-bond acceptors (Lipinski definition) is 12. The molecule has 0 spiro atoms. The van der Waals surface area contributed by atoms with Gasteiger partial charge in [0, 0.05) is 21.1 Å². The molecular formula is C44H57NO12. The molecule has 0 aliphatic carbocycles. The molecular weight excluding hydrogens is 734 g/mol. The summed E-state index contributed by atoms with van der Waals surface area (Å²) in [5.74, 6) is -3.26. The van der Waals surface area contributed by atoms with E-state index in [2.05, 4.69) is 41.7 Å². The van der Waals surface area contributed by atoms with Crippen LogP contribution in [0, 0.1) is 0 Å². The van der Waals surface area contributed by atoms with Crippen LogP contribution in [0.15, 0.2) is 91.0 Å². The molecule has 13 nitrogen and oxygen atoms in total. The maximum absolute atomic E-state index is 12.9. The Balaban J connectivity index is 1.29. The van der Waals surface area contributed by atoms with Gasteiger partial charge in [-0.3, -0.25) is 4.79 Å². The van der Waals surface area contributed by atoms with E-state index in [1.54, 1.807) is 0 Å². The van der Waals surface area contributed by atoms with Crippen molar-refractivity contribution in [1.29, 1.82) is 0 Å². The molecule has 3 aromatic carbocycles. The molecule has 4 heterocycles. The lowest BCUT2D eigenvalue weighted by Crippen LogP contribution is -2.65. The maximum Gasteiger partial charge on any atom is 0.217 e. The van der Waals surface area contributed by atoms with Gasteiger partial charge in [-0.1, -0.05) is 91.0 Å². The van der Waals surface area contributed by atoms with Crippen LogP contribution in [0.3, 0.4) is 0 Å². The van der Waals surface area contributed by atoms with Crippen LogP contribution in [-0.4, -0.2) is 112 Å². The third-order valence-electron chi connectivity index (χ3n) is 10.8. The van der Waals surface area contributed by atoms with Crippen LogP contribution in [-0.2, 0) is 62.5 Å². The highest BCUT2D eigenvalue weighted by molar-refractivity contribution is 5.73. The predicted octanol–water partition coefficient (Wildman–Crippen LogP) is 5.42. The normalized spacial score (nSPS) is 30.9. The van der Waals surface area contributed by atoms with Crippen molar-refractivity contribution in [3.63, 3.8) is 0 Å². The lowest BCUT2D eigenvalue weighted by Gasteiger charge is -2.45. The molecule has 310 valence electrons. The average Bonchev–Trinajstić information content (AvgIpc) is 3.83. The van der Waals surface area contributed by atoms with E-state index in [-0.39, 0.29) is 19.1 Å². The smallest absolute Gasteiger partial charge is 0.217 e. The Bertz CT molecular complexity index is 1670. The first-order chi connectivity index (χ1) is 27.1. The number of amides is 1. The Labute approximate surface area is 335 Å². The molecule has 57 heavy (non-hydrogen) atoms. The second kappa shape index (κ2) is 16.7. The Morgan fingerprint density at radius 3 is 1.72 bits per heavy atom. The number of carbonyl (C=O) groups is 1. The molecule has 1 amide bonds. The highest BCUT2D eigenvalue weighted by Gasteiger charge is 2.60. The van der Waals surface area contributed by atoms with Crippen molar-refractivity contribution in [2.75, 3.05) is 27.4 Å². The summed E-state index contributed by atoms with van der Waals surface area (Å²) in [6.07, 6.45) is -7.09. The molecule has 4 fully saturated rings. The van der Waals surface area contributed by atoms with Crippen LogP contribution in [0.25, 0.3) is 0 Å². The molecule has 13 heteroatoms. The van der Waals surface area contributed by atoms with Crippen LogP contribution >= 0.6 is 0 Å². The average molecular weight is 792 g/mol. The SMILES string of the molecule is COC(OC)[C@@H]1OC(C)(C)O[C@H]1[C@H](O[C@@H]1O[C@H](COC(c2ccccc2)(c2ccccc2)c2ccccc2)[C@@H]2OC(C)(C)O[C@@H]2[C@@H]1NC(C)=O)[C@H]1COC(C)(C)O1. The number of rotatable bonds is 14. The summed E-state index contributed by atoms with van der Waals surface area (Å²) in [6, 6.07) is 29.5. The molecule has 3 aromatic rings. The number of ether oxygens (including phenoxy) is 11. The fourth-order valence-electron chi connectivity index (χ4n) is 8.54. The van der Waals surface area contributed by atoms with Crippen LogP contribution < -0.4 is 5.32 Å². The van der Waals surface area contributed by atoms with E-state index in [1.165, 1.54) is 21.1 Å². The topological polar surface area (TPSA) is 131 Å². The van der Waals surface area contributed by atoms with Gasteiger partial charge in [0.2, 0.25) is 5.91 Å². The quantitative estimate of drug-likeness (QED) is 0.165. The second-order valence-electron chi connectivity index (χ2n) is 16.3. The minimum atomic E-state index is -1.12. The number of nitrogens with one attached hydrogen (secondary N) is 1. The summed E-state index contributed by atoms with van der Waals surface area (Å²) in [4.78, 5) is 12.9. The Morgan fingerprint density at radius 2 is 1.23 bits per heavy atom. The van der Waals surface area contributed by atoms with E-state index in [0.29, 0.717) is 0 Å². The molecule has 0 unspecified atom stereocenters. The van der Waals surface area contributed by atoms with Crippen molar-refractivity contribution in [3.05, 3.63) is 108 Å². The first-order valence-corrected chi connectivity index (χ1v) is 19.6. The third kappa shape index (κ3) is 8.85. The van der Waals surface area contributed by atoms with E-state index in [4.69, 9.17) is 52.1 Å². The number of methoxy groups -OCH3 is 2. The van der Waals surface area contributed by atoms with Crippen LogP contribution in [0.4, 0.5) is 0 Å². The van der Waals surface area contributed by atoms with Crippen molar-refractivity contribution in [2.24, 2.45) is 0 Å². The lowest BCUT2D eigenvalue weighted by atomic mass is 9.80. The van der Waals surface area contributed by atoms with Gasteiger partial charge in [0.1, 0.15) is 54.4 Å². The number of hydrogen-bond donors (Lipinski definition) is 1. The Hall–Kier alpha value is -3.31. The fraction of sp³-hybridized carbons (Fsp3) is 0.568. The Kier molecular flexibility index (Phi) is 12.3. The van der Waals surface area contributed by atoms with E-state index >= 15 is 0 Å². The molecule has 0 aromatic heterocycles. The van der Waals surface area contributed by atoms with Crippen molar-refractivity contribution in [3.8, 4) is 0 Å². The summed E-state index contributed by atoms with van der Waals surface area (Å²) in [5, 5.41) is 3.06. The van der Waals surface area contributed by atoms with Gasteiger partial charge < -0.3 is 57.4 Å². The fourth-order valence-corrected chi connectivity index (χ4v) is 8.54.